The molecule has 4 heteroatoms. The molecule has 1 fully saturated rings. The Morgan fingerprint density at radius 3 is 2.88 bits per heavy atom. The van der Waals surface area contributed by atoms with Gasteiger partial charge in [-0.2, -0.15) is 0 Å². The minimum absolute atomic E-state index is 0.00259. The zero-order chi connectivity index (χ0) is 12.4. The molecule has 1 aliphatic rings. The van der Waals surface area contributed by atoms with Crippen LogP contribution in [0.1, 0.15) is 30.3 Å². The highest BCUT2D eigenvalue weighted by Gasteiger charge is 2.28. The van der Waals surface area contributed by atoms with E-state index < -0.39 is 0 Å². The van der Waals surface area contributed by atoms with Gasteiger partial charge in [-0.1, -0.05) is 0 Å². The average molecular weight is 254 g/mol. The standard InChI is InChI=1S/C13H22N2OS/c1-9(2)15-5-6-16-12(8-15)13(14)11-4-7-17-10(11)3/h4,7,9,12-13H,5-6,8,14H2,1-3H3. The van der Waals surface area contributed by atoms with Crippen LogP contribution in [0.3, 0.4) is 0 Å². The molecule has 0 spiro atoms. The molecule has 2 heterocycles. The molecule has 0 bridgehead atoms. The first-order valence-corrected chi connectivity index (χ1v) is 7.12. The number of nitrogens with two attached hydrogens (primary N) is 1. The number of hydrogen-bond donors (Lipinski definition) is 1. The molecular formula is C13H22N2OS. The Hall–Kier alpha value is -0.420. The SMILES string of the molecule is Cc1sccc1C(N)C1CN(C(C)C)CCO1. The Kier molecular flexibility index (Phi) is 4.20. The van der Waals surface area contributed by atoms with Crippen molar-refractivity contribution in [1.82, 2.24) is 4.90 Å². The van der Waals surface area contributed by atoms with E-state index in [-0.39, 0.29) is 12.1 Å². The van der Waals surface area contributed by atoms with Gasteiger partial charge in [-0.15, -0.1) is 11.3 Å². The quantitative estimate of drug-likeness (QED) is 0.898. The number of ether oxygens (including phenoxy) is 1. The van der Waals surface area contributed by atoms with E-state index in [9.17, 15) is 0 Å². The molecule has 2 unspecified atom stereocenters. The van der Waals surface area contributed by atoms with Crippen LogP contribution >= 0.6 is 11.3 Å². The fourth-order valence-electron chi connectivity index (χ4n) is 2.32. The largest absolute Gasteiger partial charge is 0.374 e. The topological polar surface area (TPSA) is 38.5 Å². The molecule has 0 aliphatic carbocycles. The van der Waals surface area contributed by atoms with Gasteiger partial charge < -0.3 is 10.5 Å². The van der Waals surface area contributed by atoms with Crippen LogP contribution in [0.25, 0.3) is 0 Å². The number of thiophene rings is 1. The summed E-state index contributed by atoms with van der Waals surface area (Å²) >= 11 is 1.75. The highest BCUT2D eigenvalue weighted by molar-refractivity contribution is 7.10. The molecule has 2 N–H and O–H groups in total. The molecule has 0 amide bonds. The Morgan fingerprint density at radius 1 is 1.53 bits per heavy atom. The lowest BCUT2D eigenvalue weighted by Crippen LogP contribution is -2.49. The van der Waals surface area contributed by atoms with E-state index in [1.165, 1.54) is 10.4 Å². The smallest absolute Gasteiger partial charge is 0.0895 e. The van der Waals surface area contributed by atoms with Crippen molar-refractivity contribution in [3.8, 4) is 0 Å². The maximum atomic E-state index is 6.33. The molecule has 2 rings (SSSR count). The second-order valence-electron chi connectivity index (χ2n) is 4.96. The summed E-state index contributed by atoms with van der Waals surface area (Å²) in [6.45, 7) is 9.33. The Morgan fingerprint density at radius 2 is 2.29 bits per heavy atom. The molecule has 1 saturated heterocycles. The maximum absolute atomic E-state index is 6.33. The summed E-state index contributed by atoms with van der Waals surface area (Å²) in [5.41, 5.74) is 7.57. The van der Waals surface area contributed by atoms with Crippen molar-refractivity contribution in [2.24, 2.45) is 5.73 Å². The summed E-state index contributed by atoms with van der Waals surface area (Å²) in [7, 11) is 0. The molecule has 2 atom stereocenters. The first-order valence-electron chi connectivity index (χ1n) is 6.25. The molecule has 1 aromatic rings. The molecule has 3 nitrogen and oxygen atoms in total. The van der Waals surface area contributed by atoms with Crippen LogP contribution in [0.4, 0.5) is 0 Å². The first kappa shape index (κ1) is 13.0. The monoisotopic (exact) mass is 254 g/mol. The van der Waals surface area contributed by atoms with Gasteiger partial charge in [0.05, 0.1) is 18.8 Å². The predicted molar refractivity (Wildman–Crippen MR) is 72.4 cm³/mol. The van der Waals surface area contributed by atoms with E-state index in [1.807, 2.05) is 0 Å². The van der Waals surface area contributed by atoms with E-state index in [0.29, 0.717) is 6.04 Å². The van der Waals surface area contributed by atoms with Gasteiger partial charge >= 0.3 is 0 Å². The zero-order valence-electron chi connectivity index (χ0n) is 10.8. The fraction of sp³-hybridized carbons (Fsp3) is 0.692. The molecule has 0 saturated carbocycles. The first-order chi connectivity index (χ1) is 8.09. The van der Waals surface area contributed by atoms with Crippen LogP contribution in [-0.4, -0.2) is 36.7 Å². The minimum atomic E-state index is 0.00259. The van der Waals surface area contributed by atoms with Crippen molar-refractivity contribution in [3.05, 3.63) is 21.9 Å². The number of aryl methyl sites for hydroxylation is 1. The highest BCUT2D eigenvalue weighted by Crippen LogP contribution is 2.26. The van der Waals surface area contributed by atoms with Crippen LogP contribution in [0.5, 0.6) is 0 Å². The Balaban J connectivity index is 2.05. The van der Waals surface area contributed by atoms with E-state index in [1.54, 1.807) is 11.3 Å². The van der Waals surface area contributed by atoms with Gasteiger partial charge in [0.1, 0.15) is 0 Å². The van der Waals surface area contributed by atoms with Gasteiger partial charge in [0.2, 0.25) is 0 Å². The van der Waals surface area contributed by atoms with Crippen LogP contribution in [-0.2, 0) is 4.74 Å². The lowest BCUT2D eigenvalue weighted by atomic mass is 10.0. The maximum Gasteiger partial charge on any atom is 0.0895 e. The zero-order valence-corrected chi connectivity index (χ0v) is 11.7. The van der Waals surface area contributed by atoms with Gasteiger partial charge in [0.15, 0.2) is 0 Å². The molecule has 1 aliphatic heterocycles. The van der Waals surface area contributed by atoms with Crippen LogP contribution in [0.15, 0.2) is 11.4 Å². The number of hydrogen-bond acceptors (Lipinski definition) is 4. The summed E-state index contributed by atoms with van der Waals surface area (Å²) in [5.74, 6) is 0. The predicted octanol–water partition coefficient (Wildman–Crippen LogP) is 2.17. The van der Waals surface area contributed by atoms with Crippen LogP contribution in [0.2, 0.25) is 0 Å². The van der Waals surface area contributed by atoms with Gasteiger partial charge in [0.25, 0.3) is 0 Å². The van der Waals surface area contributed by atoms with E-state index in [2.05, 4.69) is 37.1 Å². The third kappa shape index (κ3) is 2.88. The van der Waals surface area contributed by atoms with Gasteiger partial charge in [0, 0.05) is 24.0 Å². The van der Waals surface area contributed by atoms with E-state index in [0.717, 1.165) is 19.7 Å². The summed E-state index contributed by atoms with van der Waals surface area (Å²) in [5, 5.41) is 2.10. The van der Waals surface area contributed by atoms with Crippen molar-refractivity contribution in [2.45, 2.75) is 39.0 Å². The fourth-order valence-corrected chi connectivity index (χ4v) is 3.08. The second-order valence-corrected chi connectivity index (χ2v) is 6.08. The number of morpholine rings is 1. The molecule has 0 radical (unpaired) electrons. The van der Waals surface area contributed by atoms with Crippen LogP contribution in [0, 0.1) is 6.92 Å². The van der Waals surface area contributed by atoms with Gasteiger partial charge in [-0.3, -0.25) is 4.90 Å². The van der Waals surface area contributed by atoms with Crippen LogP contribution < -0.4 is 5.73 Å². The highest BCUT2D eigenvalue weighted by atomic mass is 32.1. The minimum Gasteiger partial charge on any atom is -0.374 e. The Bertz CT molecular complexity index is 364. The van der Waals surface area contributed by atoms with E-state index in [4.69, 9.17) is 10.5 Å². The van der Waals surface area contributed by atoms with Crippen molar-refractivity contribution >= 4 is 11.3 Å². The van der Waals surface area contributed by atoms with Crippen molar-refractivity contribution < 1.29 is 4.74 Å². The van der Waals surface area contributed by atoms with E-state index >= 15 is 0 Å². The molecular weight excluding hydrogens is 232 g/mol. The number of nitrogens with zero attached hydrogens (tertiary/aromatic N) is 1. The molecule has 0 aromatic carbocycles. The van der Waals surface area contributed by atoms with Crippen molar-refractivity contribution in [3.63, 3.8) is 0 Å². The molecule has 1 aromatic heterocycles. The van der Waals surface area contributed by atoms with Crippen molar-refractivity contribution in [1.29, 1.82) is 0 Å². The average Bonchev–Trinajstić information content (AvgIpc) is 2.74. The lowest BCUT2D eigenvalue weighted by molar-refractivity contribution is -0.0502. The second kappa shape index (κ2) is 5.48. The summed E-state index contributed by atoms with van der Waals surface area (Å²) in [6, 6.07) is 2.70. The molecule has 96 valence electrons. The van der Waals surface area contributed by atoms with Gasteiger partial charge in [-0.05, 0) is 37.8 Å². The van der Waals surface area contributed by atoms with Gasteiger partial charge in [-0.25, -0.2) is 0 Å². The third-order valence-electron chi connectivity index (χ3n) is 3.51. The summed E-state index contributed by atoms with van der Waals surface area (Å²) < 4.78 is 5.84. The number of rotatable bonds is 3. The molecule has 17 heavy (non-hydrogen) atoms. The summed E-state index contributed by atoms with van der Waals surface area (Å²) in [4.78, 5) is 3.75. The normalized spacial score (nSPS) is 24.2. The Labute approximate surface area is 108 Å². The van der Waals surface area contributed by atoms with Crippen molar-refractivity contribution in [2.75, 3.05) is 19.7 Å². The lowest BCUT2D eigenvalue weighted by Gasteiger charge is -2.38. The third-order valence-corrected chi connectivity index (χ3v) is 4.38. The summed E-state index contributed by atoms with van der Waals surface area (Å²) in [6.07, 6.45) is 0.124.